The van der Waals surface area contributed by atoms with Crippen LogP contribution in [-0.2, 0) is 4.79 Å². The van der Waals surface area contributed by atoms with E-state index in [9.17, 15) is 9.59 Å². The van der Waals surface area contributed by atoms with Crippen LogP contribution in [-0.4, -0.2) is 63.1 Å². The Hall–Kier alpha value is -1.96. The van der Waals surface area contributed by atoms with Gasteiger partial charge in [0.15, 0.2) is 5.69 Å². The maximum atomic E-state index is 12.2. The molecule has 1 aromatic heterocycles. The average molecular weight is 265 g/mol. The van der Waals surface area contributed by atoms with E-state index in [0.717, 1.165) is 13.1 Å². The number of aliphatic carboxylic acids is 1. The first-order valence-electron chi connectivity index (χ1n) is 6.30. The van der Waals surface area contributed by atoms with Gasteiger partial charge in [-0.3, -0.25) is 9.59 Å². The molecule has 0 spiro atoms. The smallest absolute Gasteiger partial charge is 0.308 e. The molecule has 8 heteroatoms. The molecule has 1 aromatic rings. The van der Waals surface area contributed by atoms with Crippen LogP contribution in [0.25, 0.3) is 0 Å². The van der Waals surface area contributed by atoms with Crippen molar-refractivity contribution in [3.8, 4) is 0 Å². The largest absolute Gasteiger partial charge is 0.481 e. The second-order valence-electron chi connectivity index (χ2n) is 4.97. The fourth-order valence-electron chi connectivity index (χ4n) is 2.32. The van der Waals surface area contributed by atoms with Crippen LogP contribution in [0.5, 0.6) is 0 Å². The zero-order valence-electron chi connectivity index (χ0n) is 10.3. The van der Waals surface area contributed by atoms with E-state index in [1.807, 2.05) is 0 Å². The molecule has 0 aromatic carbocycles. The number of carbonyl (C=O) groups is 2. The predicted octanol–water partition coefficient (Wildman–Crippen LogP) is -1.03. The van der Waals surface area contributed by atoms with E-state index in [-0.39, 0.29) is 24.2 Å². The summed E-state index contributed by atoms with van der Waals surface area (Å²) in [5, 5.41) is 19.9. The summed E-state index contributed by atoms with van der Waals surface area (Å²) in [6.45, 7) is 2.39. The molecule has 8 nitrogen and oxygen atoms in total. The number of carboxylic acids is 1. The highest BCUT2D eigenvalue weighted by molar-refractivity contribution is 5.92. The normalized spacial score (nSPS) is 23.4. The molecule has 1 unspecified atom stereocenters. The van der Waals surface area contributed by atoms with E-state index in [0.29, 0.717) is 13.0 Å². The van der Waals surface area contributed by atoms with Crippen molar-refractivity contribution in [1.82, 2.24) is 25.2 Å². The van der Waals surface area contributed by atoms with Gasteiger partial charge in [0.05, 0.1) is 18.2 Å². The topological polar surface area (TPSA) is 100 Å². The van der Waals surface area contributed by atoms with Crippen molar-refractivity contribution < 1.29 is 14.7 Å². The van der Waals surface area contributed by atoms with E-state index in [1.165, 1.54) is 4.90 Å². The lowest BCUT2D eigenvalue weighted by Gasteiger charge is -2.26. The van der Waals surface area contributed by atoms with Crippen molar-refractivity contribution in [3.05, 3.63) is 11.9 Å². The van der Waals surface area contributed by atoms with Gasteiger partial charge in [-0.15, -0.1) is 5.10 Å². The number of carboxylic acid groups (broad SMARTS) is 1. The highest BCUT2D eigenvalue weighted by Gasteiger charge is 2.32. The lowest BCUT2D eigenvalue weighted by atomic mass is 10.1. The lowest BCUT2D eigenvalue weighted by molar-refractivity contribution is -0.141. The molecule has 2 fully saturated rings. The number of likely N-dealkylation sites (tertiary alicyclic amines) is 1. The quantitative estimate of drug-likeness (QED) is 0.724. The summed E-state index contributed by atoms with van der Waals surface area (Å²) in [5.41, 5.74) is 0.290. The van der Waals surface area contributed by atoms with E-state index in [2.05, 4.69) is 15.6 Å². The standard InChI is InChI=1S/C11H15N5O3/c17-10(15-2-1-7(5-15)11(18)19)9-6-16(14-13-9)8-3-12-4-8/h6-8,12H,1-5H2,(H,18,19). The molecular formula is C11H15N5O3. The van der Waals surface area contributed by atoms with E-state index in [4.69, 9.17) is 5.11 Å². The first-order chi connectivity index (χ1) is 9.15. The highest BCUT2D eigenvalue weighted by Crippen LogP contribution is 2.18. The zero-order chi connectivity index (χ0) is 13.4. The van der Waals surface area contributed by atoms with Gasteiger partial charge in [0.25, 0.3) is 5.91 Å². The number of nitrogens with zero attached hydrogens (tertiary/aromatic N) is 4. The van der Waals surface area contributed by atoms with Gasteiger partial charge in [-0.2, -0.15) is 0 Å². The van der Waals surface area contributed by atoms with Crippen LogP contribution in [0.1, 0.15) is 23.0 Å². The fourth-order valence-corrected chi connectivity index (χ4v) is 2.32. The first kappa shape index (κ1) is 12.1. The van der Waals surface area contributed by atoms with Gasteiger partial charge in [0.1, 0.15) is 0 Å². The molecule has 19 heavy (non-hydrogen) atoms. The molecule has 102 valence electrons. The highest BCUT2D eigenvalue weighted by atomic mass is 16.4. The summed E-state index contributed by atoms with van der Waals surface area (Å²) in [7, 11) is 0. The van der Waals surface area contributed by atoms with Crippen LogP contribution in [0.4, 0.5) is 0 Å². The van der Waals surface area contributed by atoms with Gasteiger partial charge in [-0.05, 0) is 6.42 Å². The van der Waals surface area contributed by atoms with Crippen LogP contribution in [0.2, 0.25) is 0 Å². The molecule has 0 bridgehead atoms. The number of hydrogen-bond donors (Lipinski definition) is 2. The molecule has 2 N–H and O–H groups in total. The van der Waals surface area contributed by atoms with E-state index in [1.54, 1.807) is 10.9 Å². The Morgan fingerprint density at radius 2 is 2.21 bits per heavy atom. The predicted molar refractivity (Wildman–Crippen MR) is 63.6 cm³/mol. The summed E-state index contributed by atoms with van der Waals surface area (Å²) in [6.07, 6.45) is 2.14. The van der Waals surface area contributed by atoms with E-state index >= 15 is 0 Å². The van der Waals surface area contributed by atoms with Crippen LogP contribution in [0.15, 0.2) is 6.20 Å². The van der Waals surface area contributed by atoms with E-state index < -0.39 is 11.9 Å². The number of carbonyl (C=O) groups excluding carboxylic acids is 1. The Morgan fingerprint density at radius 3 is 2.79 bits per heavy atom. The van der Waals surface area contributed by atoms with Crippen molar-refractivity contribution in [3.63, 3.8) is 0 Å². The van der Waals surface area contributed by atoms with Crippen molar-refractivity contribution in [2.75, 3.05) is 26.2 Å². The third-order valence-corrected chi connectivity index (χ3v) is 3.69. The summed E-state index contributed by atoms with van der Waals surface area (Å²) in [4.78, 5) is 24.6. The molecule has 1 amide bonds. The van der Waals surface area contributed by atoms with Crippen molar-refractivity contribution in [1.29, 1.82) is 0 Å². The van der Waals surface area contributed by atoms with Gasteiger partial charge in [-0.25, -0.2) is 4.68 Å². The molecule has 2 aliphatic rings. The zero-order valence-corrected chi connectivity index (χ0v) is 10.3. The van der Waals surface area contributed by atoms with Crippen LogP contribution < -0.4 is 5.32 Å². The Morgan fingerprint density at radius 1 is 1.42 bits per heavy atom. The Labute approximate surface area is 109 Å². The van der Waals surface area contributed by atoms with Crippen LogP contribution >= 0.6 is 0 Å². The van der Waals surface area contributed by atoms with Crippen LogP contribution in [0, 0.1) is 5.92 Å². The molecule has 1 atom stereocenters. The second-order valence-corrected chi connectivity index (χ2v) is 4.97. The third-order valence-electron chi connectivity index (χ3n) is 3.69. The summed E-state index contributed by atoms with van der Waals surface area (Å²) < 4.78 is 1.69. The van der Waals surface area contributed by atoms with Gasteiger partial charge >= 0.3 is 5.97 Å². The summed E-state index contributed by atoms with van der Waals surface area (Å²) >= 11 is 0. The minimum atomic E-state index is -0.848. The molecule has 2 aliphatic heterocycles. The van der Waals surface area contributed by atoms with Gasteiger partial charge in [0, 0.05) is 26.2 Å². The third kappa shape index (κ3) is 2.19. The average Bonchev–Trinajstić information content (AvgIpc) is 2.94. The monoisotopic (exact) mass is 265 g/mol. The summed E-state index contributed by atoms with van der Waals surface area (Å²) in [6, 6.07) is 0.263. The minimum absolute atomic E-state index is 0.234. The van der Waals surface area contributed by atoms with Gasteiger partial charge < -0.3 is 15.3 Å². The molecule has 0 saturated carbocycles. The molecule has 3 rings (SSSR count). The fraction of sp³-hybridized carbons (Fsp3) is 0.636. The molecule has 3 heterocycles. The minimum Gasteiger partial charge on any atom is -0.481 e. The number of rotatable bonds is 3. The second kappa shape index (κ2) is 4.61. The number of aromatic nitrogens is 3. The van der Waals surface area contributed by atoms with Crippen molar-refractivity contribution in [2.45, 2.75) is 12.5 Å². The van der Waals surface area contributed by atoms with Crippen molar-refractivity contribution in [2.24, 2.45) is 5.92 Å². The number of nitrogens with one attached hydrogen (secondary N) is 1. The first-order valence-corrected chi connectivity index (χ1v) is 6.30. The lowest BCUT2D eigenvalue weighted by Crippen LogP contribution is -2.43. The Kier molecular flexibility index (Phi) is 2.94. The maximum absolute atomic E-state index is 12.2. The van der Waals surface area contributed by atoms with Crippen LogP contribution in [0.3, 0.4) is 0 Å². The molecular weight excluding hydrogens is 250 g/mol. The number of amides is 1. The summed E-state index contributed by atoms with van der Waals surface area (Å²) in [5.74, 6) is -1.54. The molecule has 0 radical (unpaired) electrons. The SMILES string of the molecule is O=C(O)C1CCN(C(=O)c2cn(C3CNC3)nn2)C1. The Balaban J connectivity index is 1.67. The molecule has 0 aliphatic carbocycles. The Bertz CT molecular complexity index is 510. The number of hydrogen-bond acceptors (Lipinski definition) is 5. The molecule has 2 saturated heterocycles. The van der Waals surface area contributed by atoms with Crippen molar-refractivity contribution >= 4 is 11.9 Å². The maximum Gasteiger partial charge on any atom is 0.308 e. The van der Waals surface area contributed by atoms with Gasteiger partial charge in [-0.1, -0.05) is 5.21 Å². The van der Waals surface area contributed by atoms with Gasteiger partial charge in [0.2, 0.25) is 0 Å².